The Hall–Kier alpha value is -3.33. The van der Waals surface area contributed by atoms with Crippen molar-refractivity contribution in [3.05, 3.63) is 108 Å². The molecule has 0 saturated carbocycles. The SMILES string of the molecule is CCCCN(Cc1cccn1Cc1ccccc1)C(=O)c1ccc2ccccc2c1. The van der Waals surface area contributed by atoms with Gasteiger partial charge < -0.3 is 9.47 Å². The summed E-state index contributed by atoms with van der Waals surface area (Å²) in [6, 6.07) is 28.8. The summed E-state index contributed by atoms with van der Waals surface area (Å²) in [5.41, 5.74) is 3.17. The minimum absolute atomic E-state index is 0.0988. The third-order valence-corrected chi connectivity index (χ3v) is 5.54. The Morgan fingerprint density at radius 2 is 1.63 bits per heavy atom. The van der Waals surface area contributed by atoms with Gasteiger partial charge in [-0.05, 0) is 47.0 Å². The molecule has 0 aliphatic rings. The van der Waals surface area contributed by atoms with Gasteiger partial charge in [0.1, 0.15) is 0 Å². The van der Waals surface area contributed by atoms with E-state index in [-0.39, 0.29) is 5.91 Å². The van der Waals surface area contributed by atoms with Crippen LogP contribution in [0, 0.1) is 0 Å². The number of carbonyl (C=O) groups excluding carboxylic acids is 1. The molecule has 0 radical (unpaired) electrons. The quantitative estimate of drug-likeness (QED) is 0.351. The van der Waals surface area contributed by atoms with Gasteiger partial charge in [0.05, 0.1) is 6.54 Å². The predicted molar refractivity (Wildman–Crippen MR) is 124 cm³/mol. The van der Waals surface area contributed by atoms with Gasteiger partial charge in [-0.3, -0.25) is 4.79 Å². The van der Waals surface area contributed by atoms with Gasteiger partial charge in [0.25, 0.3) is 5.91 Å². The van der Waals surface area contributed by atoms with Gasteiger partial charge in [-0.1, -0.05) is 74.0 Å². The van der Waals surface area contributed by atoms with Gasteiger partial charge in [0.2, 0.25) is 0 Å². The van der Waals surface area contributed by atoms with Gasteiger partial charge in [-0.25, -0.2) is 0 Å². The van der Waals surface area contributed by atoms with E-state index in [1.165, 1.54) is 5.56 Å². The molecule has 1 aromatic heterocycles. The van der Waals surface area contributed by atoms with Crippen molar-refractivity contribution in [2.75, 3.05) is 6.54 Å². The Morgan fingerprint density at radius 1 is 0.867 bits per heavy atom. The van der Waals surface area contributed by atoms with Gasteiger partial charge in [-0.2, -0.15) is 0 Å². The highest BCUT2D eigenvalue weighted by Crippen LogP contribution is 2.19. The first-order valence-electron chi connectivity index (χ1n) is 10.7. The molecule has 152 valence electrons. The van der Waals surface area contributed by atoms with Crippen molar-refractivity contribution < 1.29 is 4.79 Å². The number of aromatic nitrogens is 1. The molecule has 0 aliphatic carbocycles. The third-order valence-electron chi connectivity index (χ3n) is 5.54. The van der Waals surface area contributed by atoms with Crippen molar-refractivity contribution in [3.8, 4) is 0 Å². The van der Waals surface area contributed by atoms with Crippen LogP contribution in [0.5, 0.6) is 0 Å². The summed E-state index contributed by atoms with van der Waals surface area (Å²) in [4.78, 5) is 15.4. The van der Waals surface area contributed by atoms with Crippen LogP contribution in [0.3, 0.4) is 0 Å². The molecule has 0 aliphatic heterocycles. The topological polar surface area (TPSA) is 25.2 Å². The molecule has 0 N–H and O–H groups in total. The normalized spacial score (nSPS) is 11.0. The van der Waals surface area contributed by atoms with Gasteiger partial charge in [0.15, 0.2) is 0 Å². The zero-order valence-corrected chi connectivity index (χ0v) is 17.5. The number of nitrogens with zero attached hydrogens (tertiary/aromatic N) is 2. The van der Waals surface area contributed by atoms with Gasteiger partial charge in [0, 0.05) is 30.5 Å². The number of hydrogen-bond acceptors (Lipinski definition) is 1. The summed E-state index contributed by atoms with van der Waals surface area (Å²) in [5, 5.41) is 2.26. The van der Waals surface area contributed by atoms with E-state index < -0.39 is 0 Å². The third kappa shape index (κ3) is 4.62. The first-order valence-corrected chi connectivity index (χ1v) is 10.7. The Kier molecular flexibility index (Phi) is 6.29. The smallest absolute Gasteiger partial charge is 0.254 e. The van der Waals surface area contributed by atoms with Crippen LogP contribution in [0.2, 0.25) is 0 Å². The second kappa shape index (κ2) is 9.45. The van der Waals surface area contributed by atoms with Gasteiger partial charge >= 0.3 is 0 Å². The molecule has 4 rings (SSSR count). The van der Waals surface area contributed by atoms with E-state index in [2.05, 4.69) is 66.2 Å². The van der Waals surface area contributed by atoms with Crippen molar-refractivity contribution in [2.45, 2.75) is 32.9 Å². The Morgan fingerprint density at radius 3 is 2.43 bits per heavy atom. The molecule has 0 fully saturated rings. The highest BCUT2D eigenvalue weighted by molar-refractivity contribution is 5.98. The monoisotopic (exact) mass is 396 g/mol. The molecule has 3 nitrogen and oxygen atoms in total. The Bertz CT molecular complexity index is 1110. The maximum Gasteiger partial charge on any atom is 0.254 e. The summed E-state index contributed by atoms with van der Waals surface area (Å²) in [7, 11) is 0. The van der Waals surface area contributed by atoms with Crippen molar-refractivity contribution in [1.29, 1.82) is 0 Å². The lowest BCUT2D eigenvalue weighted by molar-refractivity contribution is 0.0737. The molecule has 0 unspecified atom stereocenters. The van der Waals surface area contributed by atoms with Gasteiger partial charge in [-0.15, -0.1) is 0 Å². The molecule has 1 heterocycles. The number of hydrogen-bond donors (Lipinski definition) is 0. The molecule has 0 saturated heterocycles. The molecule has 30 heavy (non-hydrogen) atoms. The predicted octanol–water partition coefficient (Wildman–Crippen LogP) is 6.13. The molecular weight excluding hydrogens is 368 g/mol. The molecule has 4 aromatic rings. The fourth-order valence-electron chi connectivity index (χ4n) is 3.83. The molecule has 3 heteroatoms. The number of amides is 1. The Balaban J connectivity index is 1.57. The minimum atomic E-state index is 0.0988. The van der Waals surface area contributed by atoms with Crippen LogP contribution >= 0.6 is 0 Å². The van der Waals surface area contributed by atoms with E-state index in [0.717, 1.165) is 48.0 Å². The van der Waals surface area contributed by atoms with E-state index in [1.807, 2.05) is 41.3 Å². The van der Waals surface area contributed by atoms with E-state index in [4.69, 9.17) is 0 Å². The summed E-state index contributed by atoms with van der Waals surface area (Å²) in [6.45, 7) is 4.36. The molecule has 1 amide bonds. The van der Waals surface area contributed by atoms with E-state index in [0.29, 0.717) is 6.54 Å². The highest BCUT2D eigenvalue weighted by Gasteiger charge is 2.17. The van der Waals surface area contributed by atoms with E-state index in [9.17, 15) is 4.79 Å². The van der Waals surface area contributed by atoms with Crippen molar-refractivity contribution in [3.63, 3.8) is 0 Å². The van der Waals surface area contributed by atoms with Crippen LogP contribution in [0.1, 0.15) is 41.4 Å². The summed E-state index contributed by atoms with van der Waals surface area (Å²) < 4.78 is 2.24. The molecule has 0 bridgehead atoms. The molecular formula is C27H28N2O. The Labute approximate surface area is 178 Å². The van der Waals surface area contributed by atoms with Crippen LogP contribution in [0.25, 0.3) is 10.8 Å². The summed E-state index contributed by atoms with van der Waals surface area (Å²) >= 11 is 0. The summed E-state index contributed by atoms with van der Waals surface area (Å²) in [6.07, 6.45) is 4.16. The minimum Gasteiger partial charge on any atom is -0.345 e. The fraction of sp³-hybridized carbons (Fsp3) is 0.222. The number of unbranched alkanes of at least 4 members (excludes halogenated alkanes) is 1. The number of rotatable bonds is 8. The molecule has 0 spiro atoms. The molecule has 0 atom stereocenters. The van der Waals surface area contributed by atoms with Crippen LogP contribution in [0.15, 0.2) is 91.1 Å². The number of carbonyl (C=O) groups is 1. The first kappa shape index (κ1) is 20.0. The van der Waals surface area contributed by atoms with Crippen LogP contribution < -0.4 is 0 Å². The van der Waals surface area contributed by atoms with Crippen LogP contribution in [-0.4, -0.2) is 21.9 Å². The van der Waals surface area contributed by atoms with Crippen LogP contribution in [-0.2, 0) is 13.1 Å². The first-order chi connectivity index (χ1) is 14.7. The molecule has 3 aromatic carbocycles. The fourth-order valence-corrected chi connectivity index (χ4v) is 3.83. The lowest BCUT2D eigenvalue weighted by Crippen LogP contribution is -2.32. The van der Waals surface area contributed by atoms with Crippen molar-refractivity contribution in [2.24, 2.45) is 0 Å². The average molecular weight is 397 g/mol. The highest BCUT2D eigenvalue weighted by atomic mass is 16.2. The van der Waals surface area contributed by atoms with E-state index in [1.54, 1.807) is 0 Å². The standard InChI is InChI=1S/C27H28N2O/c1-2-3-17-29(27(30)25-16-15-23-12-7-8-13-24(23)19-25)21-26-14-9-18-28(26)20-22-10-5-4-6-11-22/h4-16,18-19H,2-3,17,20-21H2,1H3. The number of fused-ring (bicyclic) bond motifs is 1. The van der Waals surface area contributed by atoms with Crippen molar-refractivity contribution in [1.82, 2.24) is 9.47 Å². The zero-order valence-electron chi connectivity index (χ0n) is 17.5. The number of benzene rings is 3. The second-order valence-electron chi connectivity index (χ2n) is 7.76. The average Bonchev–Trinajstić information content (AvgIpc) is 3.23. The van der Waals surface area contributed by atoms with Crippen molar-refractivity contribution >= 4 is 16.7 Å². The van der Waals surface area contributed by atoms with Crippen LogP contribution in [0.4, 0.5) is 0 Å². The van der Waals surface area contributed by atoms with E-state index >= 15 is 0 Å². The largest absolute Gasteiger partial charge is 0.345 e. The zero-order chi connectivity index (χ0) is 20.8. The maximum atomic E-state index is 13.4. The maximum absolute atomic E-state index is 13.4. The lowest BCUT2D eigenvalue weighted by Gasteiger charge is -2.24. The summed E-state index contributed by atoms with van der Waals surface area (Å²) in [5.74, 6) is 0.0988. The lowest BCUT2D eigenvalue weighted by atomic mass is 10.1. The second-order valence-corrected chi connectivity index (χ2v) is 7.76.